The molecule has 0 fully saturated rings. The van der Waals surface area contributed by atoms with Gasteiger partial charge in [-0.1, -0.05) is 31.2 Å². The van der Waals surface area contributed by atoms with Gasteiger partial charge in [-0.2, -0.15) is 0 Å². The Bertz CT molecular complexity index is 622. The molecule has 0 spiro atoms. The summed E-state index contributed by atoms with van der Waals surface area (Å²) in [6.45, 7) is 4.32. The molecule has 22 heavy (non-hydrogen) atoms. The molecule has 0 saturated carbocycles. The summed E-state index contributed by atoms with van der Waals surface area (Å²) in [4.78, 5) is 14.0. The second-order valence-electron chi connectivity index (χ2n) is 5.68. The van der Waals surface area contributed by atoms with Gasteiger partial charge in [0.1, 0.15) is 5.76 Å². The van der Waals surface area contributed by atoms with Crippen LogP contribution in [0.15, 0.2) is 47.1 Å². The number of fused-ring (bicyclic) bond motifs is 1. The van der Waals surface area contributed by atoms with Gasteiger partial charge in [-0.15, -0.1) is 0 Å². The molecule has 4 heteroatoms. The van der Waals surface area contributed by atoms with E-state index in [9.17, 15) is 4.79 Å². The lowest BCUT2D eigenvalue weighted by Crippen LogP contribution is -2.40. The molecule has 0 bridgehead atoms. The quantitative estimate of drug-likeness (QED) is 0.923. The van der Waals surface area contributed by atoms with Crippen LogP contribution in [0.25, 0.3) is 0 Å². The van der Waals surface area contributed by atoms with Gasteiger partial charge in [-0.3, -0.25) is 9.69 Å². The van der Waals surface area contributed by atoms with Crippen LogP contribution in [0, 0.1) is 0 Å². The third-order valence-electron chi connectivity index (χ3n) is 4.29. The Kier molecular flexibility index (Phi) is 4.59. The summed E-state index contributed by atoms with van der Waals surface area (Å²) in [6, 6.07) is 12.5. The van der Waals surface area contributed by atoms with E-state index < -0.39 is 0 Å². The van der Waals surface area contributed by atoms with E-state index in [2.05, 4.69) is 34.5 Å². The molecule has 1 N–H and O–H groups in total. The van der Waals surface area contributed by atoms with E-state index in [0.29, 0.717) is 13.0 Å². The normalized spacial score (nSPS) is 16.0. The van der Waals surface area contributed by atoms with Crippen molar-refractivity contribution in [2.75, 3.05) is 13.1 Å². The summed E-state index contributed by atoms with van der Waals surface area (Å²) in [6.07, 6.45) is 3.24. The standard InChI is InChI=1S/C18H22N2O2/c1-2-18(21)19-12-16(17-8-5-11-22-17)20-10-9-14-6-3-4-7-15(14)13-20/h3-8,11,16H,2,9-10,12-13H2,1H3,(H,19,21)/t16-/m0/s1. The second kappa shape index (κ2) is 6.79. The number of amides is 1. The van der Waals surface area contributed by atoms with Gasteiger partial charge in [0.25, 0.3) is 0 Å². The molecular formula is C18H22N2O2. The van der Waals surface area contributed by atoms with Gasteiger partial charge in [-0.25, -0.2) is 0 Å². The van der Waals surface area contributed by atoms with Gasteiger partial charge >= 0.3 is 0 Å². The molecule has 1 amide bonds. The fourth-order valence-electron chi connectivity index (χ4n) is 3.01. The zero-order valence-electron chi connectivity index (χ0n) is 12.9. The predicted octanol–water partition coefficient (Wildman–Crippen LogP) is 2.91. The maximum absolute atomic E-state index is 11.6. The van der Waals surface area contributed by atoms with E-state index in [4.69, 9.17) is 4.42 Å². The molecule has 1 aromatic heterocycles. The molecule has 2 aromatic rings. The van der Waals surface area contributed by atoms with Crippen LogP contribution >= 0.6 is 0 Å². The smallest absolute Gasteiger partial charge is 0.219 e. The zero-order chi connectivity index (χ0) is 15.4. The van der Waals surface area contributed by atoms with Gasteiger partial charge in [-0.05, 0) is 29.7 Å². The van der Waals surface area contributed by atoms with Gasteiger partial charge < -0.3 is 9.73 Å². The summed E-state index contributed by atoms with van der Waals surface area (Å²) < 4.78 is 5.61. The maximum Gasteiger partial charge on any atom is 0.219 e. The number of furan rings is 1. The highest BCUT2D eigenvalue weighted by Gasteiger charge is 2.26. The average molecular weight is 298 g/mol. The van der Waals surface area contributed by atoms with E-state index in [1.165, 1.54) is 11.1 Å². The lowest BCUT2D eigenvalue weighted by atomic mass is 9.98. The number of benzene rings is 1. The number of hydrogen-bond donors (Lipinski definition) is 1. The SMILES string of the molecule is CCC(=O)NC[C@@H](c1ccco1)N1CCc2ccccc2C1. The minimum atomic E-state index is 0.0777. The second-order valence-corrected chi connectivity index (χ2v) is 5.68. The van der Waals surface area contributed by atoms with Crippen molar-refractivity contribution in [2.45, 2.75) is 32.4 Å². The summed E-state index contributed by atoms with van der Waals surface area (Å²) in [5, 5.41) is 3.00. The monoisotopic (exact) mass is 298 g/mol. The lowest BCUT2D eigenvalue weighted by Gasteiger charge is -2.34. The number of carbonyl (C=O) groups excluding carboxylic acids is 1. The van der Waals surface area contributed by atoms with Crippen LogP contribution in [0.2, 0.25) is 0 Å². The number of carbonyl (C=O) groups is 1. The van der Waals surface area contributed by atoms with E-state index in [-0.39, 0.29) is 11.9 Å². The summed E-state index contributed by atoms with van der Waals surface area (Å²) in [7, 11) is 0. The predicted molar refractivity (Wildman–Crippen MR) is 85.3 cm³/mol. The summed E-state index contributed by atoms with van der Waals surface area (Å²) in [5.41, 5.74) is 2.79. The first-order chi connectivity index (χ1) is 10.8. The van der Waals surface area contributed by atoms with Crippen LogP contribution < -0.4 is 5.32 Å². The molecule has 1 atom stereocenters. The van der Waals surface area contributed by atoms with Crippen molar-refractivity contribution < 1.29 is 9.21 Å². The molecule has 1 aromatic carbocycles. The lowest BCUT2D eigenvalue weighted by molar-refractivity contribution is -0.121. The fourth-order valence-corrected chi connectivity index (χ4v) is 3.01. The van der Waals surface area contributed by atoms with Crippen LogP contribution in [0.4, 0.5) is 0 Å². The highest BCUT2D eigenvalue weighted by atomic mass is 16.3. The van der Waals surface area contributed by atoms with E-state index in [0.717, 1.165) is 25.3 Å². The summed E-state index contributed by atoms with van der Waals surface area (Å²) >= 11 is 0. The van der Waals surface area contributed by atoms with E-state index in [1.54, 1.807) is 6.26 Å². The van der Waals surface area contributed by atoms with Crippen molar-refractivity contribution in [1.29, 1.82) is 0 Å². The van der Waals surface area contributed by atoms with Crippen molar-refractivity contribution in [1.82, 2.24) is 10.2 Å². The van der Waals surface area contributed by atoms with Gasteiger partial charge in [0, 0.05) is 26.1 Å². The van der Waals surface area contributed by atoms with Gasteiger partial charge in [0.05, 0.1) is 12.3 Å². The third kappa shape index (κ3) is 3.22. The Morgan fingerprint density at radius 1 is 1.27 bits per heavy atom. The number of hydrogen-bond acceptors (Lipinski definition) is 3. The van der Waals surface area contributed by atoms with Crippen molar-refractivity contribution in [3.05, 3.63) is 59.5 Å². The highest BCUT2D eigenvalue weighted by Crippen LogP contribution is 2.27. The minimum absolute atomic E-state index is 0.0777. The van der Waals surface area contributed by atoms with Crippen molar-refractivity contribution in [3.8, 4) is 0 Å². The maximum atomic E-state index is 11.6. The van der Waals surface area contributed by atoms with Crippen LogP contribution in [0.1, 0.15) is 36.3 Å². The van der Waals surface area contributed by atoms with Gasteiger partial charge in [0.15, 0.2) is 0 Å². The Morgan fingerprint density at radius 2 is 2.09 bits per heavy atom. The van der Waals surface area contributed by atoms with Crippen LogP contribution in [-0.4, -0.2) is 23.9 Å². The molecule has 1 aliphatic heterocycles. The Hall–Kier alpha value is -2.07. The third-order valence-corrected chi connectivity index (χ3v) is 4.29. The number of nitrogens with one attached hydrogen (secondary N) is 1. The molecule has 0 radical (unpaired) electrons. The molecule has 3 rings (SSSR count). The minimum Gasteiger partial charge on any atom is -0.468 e. The first-order valence-electron chi connectivity index (χ1n) is 7.89. The summed E-state index contributed by atoms with van der Waals surface area (Å²) in [5.74, 6) is 0.991. The van der Waals surface area contributed by atoms with E-state index >= 15 is 0 Å². The molecular weight excluding hydrogens is 276 g/mol. The molecule has 0 unspecified atom stereocenters. The van der Waals surface area contributed by atoms with Crippen LogP contribution in [-0.2, 0) is 17.8 Å². The average Bonchev–Trinajstić information content (AvgIpc) is 3.09. The number of rotatable bonds is 5. The molecule has 116 valence electrons. The largest absolute Gasteiger partial charge is 0.468 e. The fraction of sp³-hybridized carbons (Fsp3) is 0.389. The topological polar surface area (TPSA) is 45.5 Å². The highest BCUT2D eigenvalue weighted by molar-refractivity contribution is 5.75. The first-order valence-corrected chi connectivity index (χ1v) is 7.89. The van der Waals surface area contributed by atoms with Crippen LogP contribution in [0.3, 0.4) is 0 Å². The molecule has 2 heterocycles. The Balaban J connectivity index is 1.76. The Morgan fingerprint density at radius 3 is 2.82 bits per heavy atom. The molecule has 0 aliphatic carbocycles. The Labute approximate surface area is 131 Å². The van der Waals surface area contributed by atoms with Crippen molar-refractivity contribution in [2.24, 2.45) is 0 Å². The zero-order valence-corrected chi connectivity index (χ0v) is 12.9. The number of nitrogens with zero attached hydrogens (tertiary/aromatic N) is 1. The molecule has 1 aliphatic rings. The first kappa shape index (κ1) is 14.9. The molecule has 4 nitrogen and oxygen atoms in total. The van der Waals surface area contributed by atoms with Gasteiger partial charge in [0.2, 0.25) is 5.91 Å². The van der Waals surface area contributed by atoms with Crippen molar-refractivity contribution in [3.63, 3.8) is 0 Å². The van der Waals surface area contributed by atoms with Crippen molar-refractivity contribution >= 4 is 5.91 Å². The van der Waals surface area contributed by atoms with Crippen LogP contribution in [0.5, 0.6) is 0 Å². The van der Waals surface area contributed by atoms with E-state index in [1.807, 2.05) is 19.1 Å². The molecule has 0 saturated heterocycles.